The fourth-order valence-corrected chi connectivity index (χ4v) is 3.90. The molecule has 3 N–H and O–H groups in total. The first-order valence-electron chi connectivity index (χ1n) is 10.4. The number of hydrogen-bond acceptors (Lipinski definition) is 9. The number of amides is 2. The Hall–Kier alpha value is -3.82. The Morgan fingerprint density at radius 1 is 1.12 bits per heavy atom. The van der Waals surface area contributed by atoms with Crippen LogP contribution < -0.4 is 11.1 Å². The lowest BCUT2D eigenvalue weighted by atomic mass is 9.85. The van der Waals surface area contributed by atoms with Crippen molar-refractivity contribution in [3.8, 4) is 0 Å². The molecule has 1 fully saturated rings. The number of nitrogen functional groups attached to an aromatic ring is 1. The maximum atomic E-state index is 12.5. The van der Waals surface area contributed by atoms with Gasteiger partial charge in [0.1, 0.15) is 0 Å². The number of hydrogen-bond donors (Lipinski definition) is 2. The van der Waals surface area contributed by atoms with Crippen LogP contribution in [0.1, 0.15) is 30.7 Å². The molecule has 0 saturated carbocycles. The Labute approximate surface area is 184 Å². The van der Waals surface area contributed by atoms with Crippen molar-refractivity contribution in [2.24, 2.45) is 11.8 Å². The van der Waals surface area contributed by atoms with Gasteiger partial charge in [-0.25, -0.2) is 0 Å². The molecule has 1 aromatic carbocycles. The highest BCUT2D eigenvalue weighted by Gasteiger charge is 2.46. The van der Waals surface area contributed by atoms with E-state index in [9.17, 15) is 14.4 Å². The molecule has 0 spiro atoms. The lowest BCUT2D eigenvalue weighted by molar-refractivity contribution is -0.147. The first kappa shape index (κ1) is 21.4. The minimum absolute atomic E-state index is 0.00291. The van der Waals surface area contributed by atoms with Crippen molar-refractivity contribution in [1.29, 1.82) is 0 Å². The normalized spacial score (nSPS) is 19.7. The number of ether oxygens (including phenoxy) is 1. The van der Waals surface area contributed by atoms with Crippen LogP contribution in [0.4, 0.5) is 17.6 Å². The van der Waals surface area contributed by atoms with Gasteiger partial charge in [0.05, 0.1) is 18.3 Å². The van der Waals surface area contributed by atoms with Gasteiger partial charge >= 0.3 is 5.97 Å². The number of allylic oxidation sites excluding steroid dienone is 2. The van der Waals surface area contributed by atoms with E-state index >= 15 is 0 Å². The minimum atomic E-state index is -0.564. The quantitative estimate of drug-likeness (QED) is 0.378. The van der Waals surface area contributed by atoms with E-state index < -0.39 is 5.97 Å². The molecule has 1 aliphatic carbocycles. The van der Waals surface area contributed by atoms with E-state index in [1.807, 2.05) is 43.3 Å². The number of carbonyl (C=O) groups excluding carboxylic acids is 3. The summed E-state index contributed by atoms with van der Waals surface area (Å²) in [6, 6.07) is 7.62. The molecule has 0 unspecified atom stereocenters. The summed E-state index contributed by atoms with van der Waals surface area (Å²) < 4.78 is 5.22. The number of nitrogens with two attached hydrogens (primary N) is 1. The van der Waals surface area contributed by atoms with Gasteiger partial charge in [0.25, 0.3) is 0 Å². The third kappa shape index (κ3) is 4.58. The Morgan fingerprint density at radius 3 is 2.50 bits per heavy atom. The van der Waals surface area contributed by atoms with Crippen LogP contribution in [0.2, 0.25) is 0 Å². The van der Waals surface area contributed by atoms with E-state index in [4.69, 9.17) is 10.5 Å². The molecule has 2 aliphatic rings. The number of nitrogens with zero attached hydrogens (tertiary/aromatic N) is 4. The number of likely N-dealkylation sites (tertiary alicyclic amines) is 1. The molecule has 2 amide bonds. The monoisotopic (exact) mass is 436 g/mol. The van der Waals surface area contributed by atoms with Crippen LogP contribution in [0.25, 0.3) is 0 Å². The van der Waals surface area contributed by atoms with E-state index in [-0.39, 0.29) is 60.9 Å². The van der Waals surface area contributed by atoms with Gasteiger partial charge in [-0.1, -0.05) is 30.4 Å². The number of para-hydroxylation sites is 1. The lowest BCUT2D eigenvalue weighted by Gasteiger charge is -2.14. The van der Waals surface area contributed by atoms with Crippen LogP contribution >= 0.6 is 0 Å². The predicted molar refractivity (Wildman–Crippen MR) is 115 cm³/mol. The smallest absolute Gasteiger partial charge is 0.308 e. The topological polar surface area (TPSA) is 140 Å². The van der Waals surface area contributed by atoms with Gasteiger partial charge in [0, 0.05) is 12.2 Å². The largest absolute Gasteiger partial charge is 0.457 e. The van der Waals surface area contributed by atoms with Crippen LogP contribution in [0, 0.1) is 18.8 Å². The van der Waals surface area contributed by atoms with Crippen LogP contribution in [0.15, 0.2) is 36.4 Å². The Balaban J connectivity index is 1.31. The van der Waals surface area contributed by atoms with Crippen molar-refractivity contribution in [3.05, 3.63) is 47.8 Å². The number of imide groups is 1. The van der Waals surface area contributed by atoms with Crippen LogP contribution in [0.5, 0.6) is 0 Å². The summed E-state index contributed by atoms with van der Waals surface area (Å²) in [5, 5.41) is 3.07. The van der Waals surface area contributed by atoms with Crippen molar-refractivity contribution < 1.29 is 19.1 Å². The van der Waals surface area contributed by atoms with Crippen LogP contribution in [-0.2, 0) is 25.7 Å². The lowest BCUT2D eigenvalue weighted by Crippen LogP contribution is -2.33. The third-order valence-electron chi connectivity index (χ3n) is 5.59. The molecular formula is C22H24N6O4. The van der Waals surface area contributed by atoms with Crippen molar-refractivity contribution in [1.82, 2.24) is 19.9 Å². The average Bonchev–Trinajstić information content (AvgIpc) is 3.02. The van der Waals surface area contributed by atoms with Crippen LogP contribution in [-0.4, -0.2) is 44.2 Å². The number of nitrogens with one attached hydrogen (secondary N) is 1. The fraction of sp³-hybridized carbons (Fsp3) is 0.364. The Morgan fingerprint density at radius 2 is 1.81 bits per heavy atom. The number of anilines is 3. The highest BCUT2D eigenvalue weighted by atomic mass is 16.5. The number of aromatic nitrogens is 3. The molecule has 1 aliphatic heterocycles. The Bertz CT molecular complexity index is 1060. The third-order valence-corrected chi connectivity index (χ3v) is 5.59. The van der Waals surface area contributed by atoms with E-state index in [1.54, 1.807) is 0 Å². The first-order chi connectivity index (χ1) is 15.4. The average molecular weight is 436 g/mol. The standard InChI is InChI=1S/C22H24N6O4/c1-13-6-2-5-9-16(13)24-22-26-17(25-21(23)27-22)12-32-18(29)10-11-28-19(30)14-7-3-4-8-15(14)20(28)31/h2-6,9,14-15H,7-8,10-12H2,1H3,(H3,23,24,25,26,27)/t14-,15-/m0/s1. The number of esters is 1. The summed E-state index contributed by atoms with van der Waals surface area (Å²) in [6.07, 6.45) is 4.88. The number of fused-ring (bicyclic) bond motifs is 1. The predicted octanol–water partition coefficient (Wildman–Crippen LogP) is 1.89. The van der Waals surface area contributed by atoms with Gasteiger partial charge in [0.2, 0.25) is 23.7 Å². The molecule has 0 radical (unpaired) electrons. The summed E-state index contributed by atoms with van der Waals surface area (Å²) in [4.78, 5) is 50.6. The molecule has 4 rings (SSSR count). The molecule has 1 saturated heterocycles. The van der Waals surface area contributed by atoms with Gasteiger partial charge in [-0.2, -0.15) is 15.0 Å². The number of carbonyl (C=O) groups is 3. The summed E-state index contributed by atoms with van der Waals surface area (Å²) in [6.45, 7) is 1.74. The summed E-state index contributed by atoms with van der Waals surface area (Å²) in [5.41, 5.74) is 7.57. The molecule has 10 heteroatoms. The maximum Gasteiger partial charge on any atom is 0.308 e. The van der Waals surface area contributed by atoms with Gasteiger partial charge in [0.15, 0.2) is 12.4 Å². The SMILES string of the molecule is Cc1ccccc1Nc1nc(N)nc(COC(=O)CCN2C(=O)[C@H]3CC=CC[C@@H]3C2=O)n1. The number of rotatable bonds is 7. The van der Waals surface area contributed by atoms with E-state index in [1.165, 1.54) is 4.90 Å². The number of benzene rings is 1. The second-order valence-corrected chi connectivity index (χ2v) is 7.77. The summed E-state index contributed by atoms with van der Waals surface area (Å²) >= 11 is 0. The molecular weight excluding hydrogens is 412 g/mol. The van der Waals surface area contributed by atoms with Crippen LogP contribution in [0.3, 0.4) is 0 Å². The first-order valence-corrected chi connectivity index (χ1v) is 10.4. The van der Waals surface area contributed by atoms with Crippen molar-refractivity contribution >= 4 is 35.4 Å². The second kappa shape index (κ2) is 9.13. The van der Waals surface area contributed by atoms with Crippen molar-refractivity contribution in [3.63, 3.8) is 0 Å². The van der Waals surface area contributed by atoms with Gasteiger partial charge < -0.3 is 15.8 Å². The zero-order valence-corrected chi connectivity index (χ0v) is 17.7. The minimum Gasteiger partial charge on any atom is -0.457 e. The van der Waals surface area contributed by atoms with Crippen molar-refractivity contribution in [2.45, 2.75) is 32.8 Å². The fourth-order valence-electron chi connectivity index (χ4n) is 3.90. The molecule has 0 bridgehead atoms. The summed E-state index contributed by atoms with van der Waals surface area (Å²) in [5.74, 6) is -1.19. The zero-order chi connectivity index (χ0) is 22.7. The van der Waals surface area contributed by atoms with E-state index in [0.717, 1.165) is 11.3 Å². The van der Waals surface area contributed by atoms with Gasteiger partial charge in [-0.05, 0) is 31.4 Å². The molecule has 2 atom stereocenters. The molecule has 166 valence electrons. The highest BCUT2D eigenvalue weighted by Crippen LogP contribution is 2.35. The second-order valence-electron chi connectivity index (χ2n) is 7.77. The molecule has 2 heterocycles. The number of aryl methyl sites for hydroxylation is 1. The van der Waals surface area contributed by atoms with E-state index in [2.05, 4.69) is 20.3 Å². The molecule has 1 aromatic heterocycles. The Kier molecular flexibility index (Phi) is 6.11. The highest BCUT2D eigenvalue weighted by molar-refractivity contribution is 6.05. The molecule has 2 aromatic rings. The zero-order valence-electron chi connectivity index (χ0n) is 17.7. The molecule has 10 nitrogen and oxygen atoms in total. The summed E-state index contributed by atoms with van der Waals surface area (Å²) in [7, 11) is 0. The molecule has 32 heavy (non-hydrogen) atoms. The van der Waals surface area contributed by atoms with Gasteiger partial charge in [-0.3, -0.25) is 19.3 Å². The van der Waals surface area contributed by atoms with E-state index in [0.29, 0.717) is 12.8 Å². The van der Waals surface area contributed by atoms with Crippen molar-refractivity contribution in [2.75, 3.05) is 17.6 Å². The van der Waals surface area contributed by atoms with Gasteiger partial charge in [-0.15, -0.1) is 0 Å². The maximum absolute atomic E-state index is 12.5.